The van der Waals surface area contributed by atoms with Crippen molar-refractivity contribution in [1.82, 2.24) is 10.2 Å². The van der Waals surface area contributed by atoms with Gasteiger partial charge in [-0.25, -0.2) is 4.79 Å². The topological polar surface area (TPSA) is 69.6 Å². The largest absolute Gasteiger partial charge is 0.478 e. The van der Waals surface area contributed by atoms with E-state index in [2.05, 4.69) is 23.5 Å². The SMILES string of the molecule is C=CC(=O)NC=C(CCN(C)C)C(=O)O.CCl. The molecule has 0 aliphatic heterocycles. The number of aliphatic carboxylic acids is 1. The van der Waals surface area contributed by atoms with Gasteiger partial charge in [0.05, 0.1) is 5.57 Å². The van der Waals surface area contributed by atoms with E-state index in [0.29, 0.717) is 13.0 Å². The molecule has 0 unspecified atom stereocenters. The Kier molecular flexibility index (Phi) is 11.9. The average molecular weight is 263 g/mol. The molecule has 0 saturated carbocycles. The Bertz CT molecular complexity index is 288. The molecular weight excluding hydrogens is 244 g/mol. The molecule has 6 heteroatoms. The van der Waals surface area contributed by atoms with Crippen molar-refractivity contribution >= 4 is 23.5 Å². The first-order chi connectivity index (χ1) is 7.97. The molecule has 0 spiro atoms. The third-order valence-electron chi connectivity index (χ3n) is 1.68. The Hall–Kier alpha value is -1.33. The molecule has 17 heavy (non-hydrogen) atoms. The summed E-state index contributed by atoms with van der Waals surface area (Å²) in [7, 11) is 3.70. The number of carbonyl (C=O) groups is 2. The Morgan fingerprint density at radius 2 is 1.94 bits per heavy atom. The number of nitrogens with one attached hydrogen (secondary N) is 1. The molecule has 1 amide bonds. The first-order valence-corrected chi connectivity index (χ1v) is 5.60. The lowest BCUT2D eigenvalue weighted by molar-refractivity contribution is -0.132. The van der Waals surface area contributed by atoms with Gasteiger partial charge in [0.2, 0.25) is 5.91 Å². The molecule has 0 fully saturated rings. The van der Waals surface area contributed by atoms with Crippen LogP contribution in [0.25, 0.3) is 0 Å². The molecule has 0 aromatic carbocycles. The fourth-order valence-corrected chi connectivity index (χ4v) is 0.802. The molecule has 0 heterocycles. The van der Waals surface area contributed by atoms with Gasteiger partial charge in [0, 0.05) is 19.1 Å². The molecule has 0 saturated heterocycles. The Balaban J connectivity index is 0. The van der Waals surface area contributed by atoms with Crippen LogP contribution in [-0.2, 0) is 9.59 Å². The maximum atomic E-state index is 10.8. The van der Waals surface area contributed by atoms with Crippen LogP contribution in [0.5, 0.6) is 0 Å². The van der Waals surface area contributed by atoms with Gasteiger partial charge in [-0.15, -0.1) is 11.6 Å². The van der Waals surface area contributed by atoms with Crippen LogP contribution < -0.4 is 5.32 Å². The predicted molar refractivity (Wildman–Crippen MR) is 69.0 cm³/mol. The van der Waals surface area contributed by atoms with Crippen LogP contribution in [0.1, 0.15) is 6.42 Å². The number of alkyl halides is 1. The van der Waals surface area contributed by atoms with E-state index in [1.807, 2.05) is 19.0 Å². The number of carboxylic acid groups (broad SMARTS) is 1. The average Bonchev–Trinajstić information content (AvgIpc) is 2.30. The van der Waals surface area contributed by atoms with E-state index in [9.17, 15) is 9.59 Å². The summed E-state index contributed by atoms with van der Waals surface area (Å²) in [4.78, 5) is 23.4. The standard InChI is InChI=1S/C10H16N2O3.CH3Cl/c1-4-9(13)11-7-8(10(14)15)5-6-12(2)3;1-2/h4,7H,1,5-6H2,2-3H3,(H,11,13)(H,14,15);1H3. The number of hydrogen-bond donors (Lipinski definition) is 2. The molecule has 0 atom stereocenters. The Morgan fingerprint density at radius 3 is 2.29 bits per heavy atom. The quantitative estimate of drug-likeness (QED) is 0.555. The summed E-state index contributed by atoms with van der Waals surface area (Å²) >= 11 is 4.64. The van der Waals surface area contributed by atoms with Gasteiger partial charge in [0.15, 0.2) is 0 Å². The van der Waals surface area contributed by atoms with Gasteiger partial charge >= 0.3 is 5.97 Å². The molecule has 0 aromatic heterocycles. The third kappa shape index (κ3) is 10.9. The van der Waals surface area contributed by atoms with E-state index < -0.39 is 11.9 Å². The van der Waals surface area contributed by atoms with Crippen molar-refractivity contribution in [3.8, 4) is 0 Å². The highest BCUT2D eigenvalue weighted by Gasteiger charge is 2.07. The van der Waals surface area contributed by atoms with E-state index in [4.69, 9.17) is 5.11 Å². The van der Waals surface area contributed by atoms with Gasteiger partial charge in [-0.05, 0) is 26.6 Å². The van der Waals surface area contributed by atoms with Crippen molar-refractivity contribution in [3.05, 3.63) is 24.4 Å². The normalized spacial score (nSPS) is 10.3. The number of rotatable bonds is 6. The second-order valence-electron chi connectivity index (χ2n) is 3.24. The summed E-state index contributed by atoms with van der Waals surface area (Å²) < 4.78 is 0. The molecule has 0 bridgehead atoms. The summed E-state index contributed by atoms with van der Waals surface area (Å²) in [6.07, 6.45) is 4.14. The maximum absolute atomic E-state index is 10.8. The zero-order chi connectivity index (χ0) is 13.8. The predicted octanol–water partition coefficient (Wildman–Crippen LogP) is 1.06. The summed E-state index contributed by atoms with van der Waals surface area (Å²) in [5.41, 5.74) is 0.166. The van der Waals surface area contributed by atoms with Gasteiger partial charge in [-0.3, -0.25) is 4.79 Å². The van der Waals surface area contributed by atoms with Crippen LogP contribution >= 0.6 is 11.6 Å². The van der Waals surface area contributed by atoms with E-state index in [1.165, 1.54) is 12.6 Å². The van der Waals surface area contributed by atoms with E-state index in [1.54, 1.807) is 0 Å². The Labute approximate surface area is 107 Å². The maximum Gasteiger partial charge on any atom is 0.333 e. The molecule has 0 aliphatic rings. The summed E-state index contributed by atoms with van der Waals surface area (Å²) in [5.74, 6) is -1.44. The molecule has 0 rings (SSSR count). The van der Waals surface area contributed by atoms with Crippen LogP contribution in [0, 0.1) is 0 Å². The fourth-order valence-electron chi connectivity index (χ4n) is 0.802. The number of amides is 1. The highest BCUT2D eigenvalue weighted by atomic mass is 35.5. The number of carbonyl (C=O) groups excluding carboxylic acids is 1. The van der Waals surface area contributed by atoms with Crippen LogP contribution in [0.4, 0.5) is 0 Å². The monoisotopic (exact) mass is 262 g/mol. The lowest BCUT2D eigenvalue weighted by Gasteiger charge is -2.09. The van der Waals surface area contributed by atoms with E-state index in [-0.39, 0.29) is 5.57 Å². The van der Waals surface area contributed by atoms with Gasteiger partial charge in [-0.1, -0.05) is 6.58 Å². The third-order valence-corrected chi connectivity index (χ3v) is 1.68. The fraction of sp³-hybridized carbons (Fsp3) is 0.455. The number of nitrogens with zero attached hydrogens (tertiary/aromatic N) is 1. The summed E-state index contributed by atoms with van der Waals surface area (Å²) in [5, 5.41) is 11.1. The summed E-state index contributed by atoms with van der Waals surface area (Å²) in [6, 6.07) is 0. The zero-order valence-electron chi connectivity index (χ0n) is 10.4. The summed E-state index contributed by atoms with van der Waals surface area (Å²) in [6.45, 7) is 3.87. The molecular formula is C11H19ClN2O3. The van der Waals surface area contributed by atoms with Crippen molar-refractivity contribution in [1.29, 1.82) is 0 Å². The second-order valence-corrected chi connectivity index (χ2v) is 3.24. The van der Waals surface area contributed by atoms with E-state index >= 15 is 0 Å². The smallest absolute Gasteiger partial charge is 0.333 e. The lowest BCUT2D eigenvalue weighted by atomic mass is 10.2. The number of carboxylic acids is 1. The first kappa shape index (κ1) is 18.0. The van der Waals surface area contributed by atoms with Crippen molar-refractivity contribution in [3.63, 3.8) is 0 Å². The van der Waals surface area contributed by atoms with Crippen LogP contribution in [0.2, 0.25) is 0 Å². The minimum Gasteiger partial charge on any atom is -0.478 e. The van der Waals surface area contributed by atoms with E-state index in [0.717, 1.165) is 6.08 Å². The van der Waals surface area contributed by atoms with Gasteiger partial charge in [0.1, 0.15) is 0 Å². The van der Waals surface area contributed by atoms with Crippen molar-refractivity contribution < 1.29 is 14.7 Å². The van der Waals surface area contributed by atoms with Crippen molar-refractivity contribution in [2.75, 3.05) is 27.0 Å². The molecule has 0 radical (unpaired) electrons. The molecule has 98 valence electrons. The minimum atomic E-state index is -1.03. The van der Waals surface area contributed by atoms with Gasteiger partial charge < -0.3 is 15.3 Å². The van der Waals surface area contributed by atoms with Crippen LogP contribution in [0.3, 0.4) is 0 Å². The van der Waals surface area contributed by atoms with Crippen LogP contribution in [-0.4, -0.2) is 48.9 Å². The second kappa shape index (κ2) is 11.2. The molecule has 0 aromatic rings. The van der Waals surface area contributed by atoms with Crippen molar-refractivity contribution in [2.24, 2.45) is 0 Å². The first-order valence-electron chi connectivity index (χ1n) is 4.85. The number of hydrogen-bond acceptors (Lipinski definition) is 3. The minimum absolute atomic E-state index is 0.166. The highest BCUT2D eigenvalue weighted by Crippen LogP contribution is 2.00. The van der Waals surface area contributed by atoms with Gasteiger partial charge in [0.25, 0.3) is 0 Å². The highest BCUT2D eigenvalue weighted by molar-refractivity contribution is 6.15. The lowest BCUT2D eigenvalue weighted by Crippen LogP contribution is -2.19. The zero-order valence-corrected chi connectivity index (χ0v) is 11.1. The van der Waals surface area contributed by atoms with Gasteiger partial charge in [-0.2, -0.15) is 0 Å². The van der Waals surface area contributed by atoms with Crippen molar-refractivity contribution in [2.45, 2.75) is 6.42 Å². The number of halogens is 1. The molecule has 5 nitrogen and oxygen atoms in total. The molecule has 0 aliphatic carbocycles. The Morgan fingerprint density at radius 1 is 1.41 bits per heavy atom. The van der Waals surface area contributed by atoms with Crippen LogP contribution in [0.15, 0.2) is 24.4 Å². The molecule has 2 N–H and O–H groups in total.